The number of carbonyl (C=O) groups is 3. The molecule has 150 valence electrons. The summed E-state index contributed by atoms with van der Waals surface area (Å²) in [6.45, 7) is 0.177. The van der Waals surface area contributed by atoms with E-state index in [1.165, 1.54) is 24.3 Å². The second-order valence-corrected chi connectivity index (χ2v) is 7.97. The van der Waals surface area contributed by atoms with Gasteiger partial charge in [-0.25, -0.2) is 4.39 Å². The lowest BCUT2D eigenvalue weighted by atomic mass is 10.1. The summed E-state index contributed by atoms with van der Waals surface area (Å²) in [4.78, 5) is 37.9. The van der Waals surface area contributed by atoms with E-state index in [2.05, 4.69) is 5.32 Å². The third-order valence-electron chi connectivity index (χ3n) is 4.05. The van der Waals surface area contributed by atoms with E-state index in [1.54, 1.807) is 24.3 Å². The minimum Gasteiger partial charge on any atom is -0.354 e. The van der Waals surface area contributed by atoms with Crippen LogP contribution in [0.1, 0.15) is 11.1 Å². The van der Waals surface area contributed by atoms with E-state index in [0.717, 1.165) is 16.7 Å². The van der Waals surface area contributed by atoms with Crippen LogP contribution in [0.3, 0.4) is 0 Å². The van der Waals surface area contributed by atoms with Crippen molar-refractivity contribution >= 4 is 58.1 Å². The van der Waals surface area contributed by atoms with E-state index in [4.69, 9.17) is 23.2 Å². The molecule has 5 nitrogen and oxygen atoms in total. The van der Waals surface area contributed by atoms with Gasteiger partial charge in [-0.15, -0.1) is 0 Å². The maximum atomic E-state index is 12.9. The lowest BCUT2D eigenvalue weighted by Gasteiger charge is -2.13. The first-order chi connectivity index (χ1) is 13.8. The molecule has 0 radical (unpaired) electrons. The van der Waals surface area contributed by atoms with Gasteiger partial charge in [0.05, 0.1) is 21.4 Å². The minimum absolute atomic E-state index is 0.0541. The molecule has 1 aliphatic heterocycles. The normalized spacial score (nSPS) is 15.3. The van der Waals surface area contributed by atoms with Gasteiger partial charge in [-0.05, 0) is 53.2 Å². The number of thioether (sulfide) groups is 1. The van der Waals surface area contributed by atoms with Crippen LogP contribution in [0.15, 0.2) is 47.4 Å². The number of halogens is 3. The Labute approximate surface area is 180 Å². The molecule has 1 fully saturated rings. The predicted molar refractivity (Wildman–Crippen MR) is 112 cm³/mol. The topological polar surface area (TPSA) is 66.5 Å². The Kier molecular flexibility index (Phi) is 6.95. The summed E-state index contributed by atoms with van der Waals surface area (Å²) in [5, 5.41) is 2.99. The van der Waals surface area contributed by atoms with Crippen molar-refractivity contribution in [2.24, 2.45) is 0 Å². The molecule has 29 heavy (non-hydrogen) atoms. The molecule has 2 aromatic rings. The van der Waals surface area contributed by atoms with Gasteiger partial charge in [-0.1, -0.05) is 41.4 Å². The van der Waals surface area contributed by atoms with Gasteiger partial charge in [0.25, 0.3) is 11.1 Å². The van der Waals surface area contributed by atoms with Crippen molar-refractivity contribution < 1.29 is 18.8 Å². The largest absolute Gasteiger partial charge is 0.354 e. The van der Waals surface area contributed by atoms with E-state index in [1.807, 2.05) is 0 Å². The number of rotatable bonds is 6. The standard InChI is InChI=1S/C20H15Cl2FN2O3S/c21-15-6-3-13(9-16(15)22)10-17-19(27)25(20(28)29-17)8-7-24-18(26)11-12-1-4-14(23)5-2-12/h1-6,9-10H,7-8,11H2,(H,24,26)/b17-10+. The Balaban J connectivity index is 1.54. The summed E-state index contributed by atoms with van der Waals surface area (Å²) >= 11 is 12.7. The zero-order chi connectivity index (χ0) is 21.0. The van der Waals surface area contributed by atoms with Gasteiger partial charge in [0, 0.05) is 13.1 Å². The molecule has 3 amide bonds. The van der Waals surface area contributed by atoms with Gasteiger partial charge in [0.2, 0.25) is 5.91 Å². The summed E-state index contributed by atoms with van der Waals surface area (Å²) < 4.78 is 12.9. The molecule has 0 aromatic heterocycles. The second-order valence-electron chi connectivity index (χ2n) is 6.16. The molecule has 0 atom stereocenters. The molecule has 1 aliphatic rings. The quantitative estimate of drug-likeness (QED) is 0.653. The first-order valence-corrected chi connectivity index (χ1v) is 10.1. The van der Waals surface area contributed by atoms with Crippen molar-refractivity contribution in [3.8, 4) is 0 Å². The molecule has 0 saturated carbocycles. The highest BCUT2D eigenvalue weighted by Crippen LogP contribution is 2.33. The number of benzene rings is 2. The van der Waals surface area contributed by atoms with E-state index in [0.29, 0.717) is 21.2 Å². The monoisotopic (exact) mass is 452 g/mol. The van der Waals surface area contributed by atoms with E-state index >= 15 is 0 Å². The van der Waals surface area contributed by atoms with Gasteiger partial charge < -0.3 is 5.32 Å². The van der Waals surface area contributed by atoms with Crippen LogP contribution < -0.4 is 5.32 Å². The fourth-order valence-electron chi connectivity index (χ4n) is 2.60. The Hall–Kier alpha value is -2.35. The van der Waals surface area contributed by atoms with Gasteiger partial charge in [0.15, 0.2) is 0 Å². The molecule has 1 saturated heterocycles. The summed E-state index contributed by atoms with van der Waals surface area (Å²) in [6.07, 6.45) is 1.65. The van der Waals surface area contributed by atoms with E-state index < -0.39 is 11.1 Å². The smallest absolute Gasteiger partial charge is 0.293 e. The highest BCUT2D eigenvalue weighted by Gasteiger charge is 2.34. The van der Waals surface area contributed by atoms with Gasteiger partial charge in [0.1, 0.15) is 5.82 Å². The molecule has 1 heterocycles. The van der Waals surface area contributed by atoms with Crippen LogP contribution in [-0.2, 0) is 16.0 Å². The van der Waals surface area contributed by atoms with E-state index in [-0.39, 0.29) is 36.1 Å². The second kappa shape index (κ2) is 9.43. The number of carbonyl (C=O) groups excluding carboxylic acids is 3. The fourth-order valence-corrected chi connectivity index (χ4v) is 3.78. The molecule has 0 spiro atoms. The molecule has 3 rings (SSSR count). The van der Waals surface area contributed by atoms with Crippen LogP contribution in [0.4, 0.5) is 9.18 Å². The summed E-state index contributed by atoms with van der Waals surface area (Å²) in [6, 6.07) is 10.5. The molecular weight excluding hydrogens is 438 g/mol. The zero-order valence-corrected chi connectivity index (χ0v) is 17.3. The molecule has 0 aliphatic carbocycles. The maximum Gasteiger partial charge on any atom is 0.293 e. The van der Waals surface area contributed by atoms with Crippen LogP contribution in [0.5, 0.6) is 0 Å². The average Bonchev–Trinajstić information content (AvgIpc) is 2.94. The Morgan fingerprint density at radius 1 is 1.10 bits per heavy atom. The SMILES string of the molecule is O=C(Cc1ccc(F)cc1)NCCN1C(=O)S/C(=C/c2ccc(Cl)c(Cl)c2)C1=O. The third kappa shape index (κ3) is 5.59. The molecule has 9 heteroatoms. The van der Waals surface area contributed by atoms with Crippen molar-refractivity contribution in [3.05, 3.63) is 74.4 Å². The molecule has 0 unspecified atom stereocenters. The fraction of sp³-hybridized carbons (Fsp3) is 0.150. The van der Waals surface area contributed by atoms with Gasteiger partial charge in [-0.2, -0.15) is 0 Å². The van der Waals surface area contributed by atoms with Crippen LogP contribution in [-0.4, -0.2) is 35.0 Å². The van der Waals surface area contributed by atoms with Crippen molar-refractivity contribution in [1.82, 2.24) is 10.2 Å². The van der Waals surface area contributed by atoms with Crippen molar-refractivity contribution in [1.29, 1.82) is 0 Å². The molecular formula is C20H15Cl2FN2O3S. The van der Waals surface area contributed by atoms with E-state index in [9.17, 15) is 18.8 Å². The van der Waals surface area contributed by atoms with Gasteiger partial charge in [-0.3, -0.25) is 19.3 Å². The van der Waals surface area contributed by atoms with Crippen molar-refractivity contribution in [2.75, 3.05) is 13.1 Å². The highest BCUT2D eigenvalue weighted by atomic mass is 35.5. The first-order valence-electron chi connectivity index (χ1n) is 8.55. The van der Waals surface area contributed by atoms with Crippen LogP contribution in [0.2, 0.25) is 10.0 Å². The van der Waals surface area contributed by atoms with Crippen LogP contribution in [0, 0.1) is 5.82 Å². The minimum atomic E-state index is -0.432. The number of nitrogens with one attached hydrogen (secondary N) is 1. The average molecular weight is 453 g/mol. The zero-order valence-electron chi connectivity index (χ0n) is 15.0. The highest BCUT2D eigenvalue weighted by molar-refractivity contribution is 8.18. The van der Waals surface area contributed by atoms with Crippen LogP contribution in [0.25, 0.3) is 6.08 Å². The predicted octanol–water partition coefficient (Wildman–Crippen LogP) is 4.53. The molecule has 1 N–H and O–H groups in total. The Morgan fingerprint density at radius 2 is 1.83 bits per heavy atom. The Bertz CT molecular complexity index is 996. The number of imide groups is 1. The number of amides is 3. The summed E-state index contributed by atoms with van der Waals surface area (Å²) in [5.74, 6) is -1.09. The summed E-state index contributed by atoms with van der Waals surface area (Å²) in [7, 11) is 0. The number of hydrogen-bond donors (Lipinski definition) is 1. The Morgan fingerprint density at radius 3 is 2.52 bits per heavy atom. The summed E-state index contributed by atoms with van der Waals surface area (Å²) in [5.41, 5.74) is 1.32. The number of nitrogens with zero attached hydrogens (tertiary/aromatic N) is 1. The lowest BCUT2D eigenvalue weighted by molar-refractivity contribution is -0.124. The molecule has 0 bridgehead atoms. The first kappa shape index (κ1) is 21.4. The van der Waals surface area contributed by atoms with Crippen molar-refractivity contribution in [2.45, 2.75) is 6.42 Å². The van der Waals surface area contributed by atoms with Gasteiger partial charge >= 0.3 is 0 Å². The van der Waals surface area contributed by atoms with Crippen molar-refractivity contribution in [3.63, 3.8) is 0 Å². The van der Waals surface area contributed by atoms with Crippen LogP contribution >= 0.6 is 35.0 Å². The molecule has 2 aromatic carbocycles. The lowest BCUT2D eigenvalue weighted by Crippen LogP contribution is -2.37. The maximum absolute atomic E-state index is 12.9. The number of hydrogen-bond acceptors (Lipinski definition) is 4. The third-order valence-corrected chi connectivity index (χ3v) is 5.70.